The Labute approximate surface area is 165 Å². The molecule has 5 aliphatic carbocycles. The van der Waals surface area contributed by atoms with Crippen LogP contribution in [0.2, 0.25) is 0 Å². The molecule has 1 aromatic heterocycles. The maximum Gasteiger partial charge on any atom is 0.341 e. The van der Waals surface area contributed by atoms with Gasteiger partial charge >= 0.3 is 5.97 Å². The first-order valence-electron chi connectivity index (χ1n) is 10.5. The molecule has 6 rings (SSSR count). The second-order valence-electron chi connectivity index (χ2n) is 9.86. The van der Waals surface area contributed by atoms with Crippen molar-refractivity contribution in [2.45, 2.75) is 71.1 Å². The molecule has 5 heteroatoms. The third kappa shape index (κ3) is 2.46. The van der Waals surface area contributed by atoms with E-state index in [1.54, 1.807) is 11.3 Å². The third-order valence-corrected chi connectivity index (χ3v) is 8.95. The fourth-order valence-corrected chi connectivity index (χ4v) is 8.16. The van der Waals surface area contributed by atoms with Gasteiger partial charge in [-0.05, 0) is 80.6 Å². The van der Waals surface area contributed by atoms with Gasteiger partial charge in [-0.3, -0.25) is 4.79 Å². The van der Waals surface area contributed by atoms with Crippen molar-refractivity contribution in [3.8, 4) is 0 Å². The molecule has 1 amide bonds. The van der Waals surface area contributed by atoms with Crippen molar-refractivity contribution in [2.24, 2.45) is 23.2 Å². The molecule has 0 aromatic carbocycles. The zero-order chi connectivity index (χ0) is 19.0. The molecule has 2 atom stereocenters. The van der Waals surface area contributed by atoms with E-state index in [4.69, 9.17) is 4.74 Å². The first kappa shape index (κ1) is 17.7. The number of rotatable bonds is 4. The number of carbonyl (C=O) groups excluding carboxylic acids is 2. The van der Waals surface area contributed by atoms with Crippen molar-refractivity contribution in [2.75, 3.05) is 11.9 Å². The molecule has 4 saturated carbocycles. The number of thiophene rings is 1. The highest BCUT2D eigenvalue weighted by molar-refractivity contribution is 7.17. The highest BCUT2D eigenvalue weighted by Gasteiger charge is 2.61. The molecule has 1 N–H and O–H groups in total. The van der Waals surface area contributed by atoms with Gasteiger partial charge in [0, 0.05) is 4.88 Å². The summed E-state index contributed by atoms with van der Waals surface area (Å²) in [6.07, 6.45) is 7.89. The maximum atomic E-state index is 13.4. The Morgan fingerprint density at radius 1 is 1.19 bits per heavy atom. The molecule has 2 unspecified atom stereocenters. The quantitative estimate of drug-likeness (QED) is 0.747. The van der Waals surface area contributed by atoms with Gasteiger partial charge in [0.05, 0.1) is 17.6 Å². The van der Waals surface area contributed by atoms with Crippen molar-refractivity contribution in [1.82, 2.24) is 0 Å². The summed E-state index contributed by atoms with van der Waals surface area (Å²) in [5, 5.41) is 3.97. The number of esters is 1. The fraction of sp³-hybridized carbons (Fsp3) is 0.727. The highest BCUT2D eigenvalue weighted by Crippen LogP contribution is 2.65. The third-order valence-electron chi connectivity index (χ3n) is 7.78. The molecule has 1 heterocycles. The lowest BCUT2D eigenvalue weighted by molar-refractivity contribution is -0.127. The number of fused-ring (bicyclic) bond motifs is 1. The van der Waals surface area contributed by atoms with Crippen LogP contribution in [-0.2, 0) is 21.4 Å². The van der Waals surface area contributed by atoms with Crippen LogP contribution < -0.4 is 5.32 Å². The van der Waals surface area contributed by atoms with Crippen LogP contribution in [0.5, 0.6) is 0 Å². The van der Waals surface area contributed by atoms with Crippen LogP contribution >= 0.6 is 11.3 Å². The molecular formula is C22H29NO3S. The SMILES string of the molecule is CCOC(=O)c1c(NC(=O)C23CC4CC(CC2C4)C3)sc2c1C(C)(C)CC2. The Balaban J connectivity index is 1.49. The van der Waals surface area contributed by atoms with Crippen molar-refractivity contribution in [1.29, 1.82) is 0 Å². The minimum absolute atomic E-state index is 0.0416. The van der Waals surface area contributed by atoms with Crippen LogP contribution in [0.3, 0.4) is 0 Å². The smallest absolute Gasteiger partial charge is 0.341 e. The second-order valence-corrected chi connectivity index (χ2v) is 11.0. The zero-order valence-electron chi connectivity index (χ0n) is 16.5. The van der Waals surface area contributed by atoms with E-state index >= 15 is 0 Å². The summed E-state index contributed by atoms with van der Waals surface area (Å²) in [5.41, 5.74) is 1.52. The van der Waals surface area contributed by atoms with Gasteiger partial charge in [0.2, 0.25) is 5.91 Å². The van der Waals surface area contributed by atoms with E-state index in [9.17, 15) is 9.59 Å². The zero-order valence-corrected chi connectivity index (χ0v) is 17.3. The largest absolute Gasteiger partial charge is 0.462 e. The van der Waals surface area contributed by atoms with Gasteiger partial charge in [-0.15, -0.1) is 11.3 Å². The van der Waals surface area contributed by atoms with E-state index in [1.807, 2.05) is 6.92 Å². The second kappa shape index (κ2) is 5.82. The standard InChI is InChI=1S/C22H29NO3S/c1-4-26-19(24)16-17-15(5-6-21(17,2)3)27-18(16)23-20(25)22-10-12-7-13(11-22)9-14(22)8-12/h12-14H,4-11H2,1-3H3,(H,23,25). The highest BCUT2D eigenvalue weighted by atomic mass is 32.1. The number of anilines is 1. The molecule has 0 spiro atoms. The number of aryl methyl sites for hydroxylation is 1. The van der Waals surface area contributed by atoms with E-state index in [0.717, 1.165) is 48.1 Å². The average molecular weight is 388 g/mol. The van der Waals surface area contributed by atoms with Gasteiger partial charge in [-0.2, -0.15) is 0 Å². The van der Waals surface area contributed by atoms with E-state index in [2.05, 4.69) is 19.2 Å². The molecule has 0 aliphatic heterocycles. The summed E-state index contributed by atoms with van der Waals surface area (Å²) in [4.78, 5) is 27.5. The molecule has 146 valence electrons. The van der Waals surface area contributed by atoms with Gasteiger partial charge in [0.15, 0.2) is 0 Å². The lowest BCUT2D eigenvalue weighted by Gasteiger charge is -2.31. The summed E-state index contributed by atoms with van der Waals surface area (Å²) in [6, 6.07) is 0. The molecule has 4 bridgehead atoms. The summed E-state index contributed by atoms with van der Waals surface area (Å²) >= 11 is 1.60. The van der Waals surface area contributed by atoms with Crippen LogP contribution in [0.1, 0.15) is 80.1 Å². The summed E-state index contributed by atoms with van der Waals surface area (Å²) < 4.78 is 5.38. The van der Waals surface area contributed by atoms with Crippen molar-refractivity contribution < 1.29 is 14.3 Å². The number of ether oxygens (including phenoxy) is 1. The predicted octanol–water partition coefficient (Wildman–Crippen LogP) is 4.91. The first-order valence-corrected chi connectivity index (χ1v) is 11.3. The fourth-order valence-electron chi connectivity index (χ4n) is 6.80. The molecular weight excluding hydrogens is 358 g/mol. The van der Waals surface area contributed by atoms with Crippen molar-refractivity contribution >= 4 is 28.2 Å². The molecule has 4 fully saturated rings. The van der Waals surface area contributed by atoms with Crippen molar-refractivity contribution in [3.63, 3.8) is 0 Å². The monoisotopic (exact) mass is 387 g/mol. The van der Waals surface area contributed by atoms with Crippen LogP contribution in [0.15, 0.2) is 0 Å². The molecule has 5 aliphatic rings. The average Bonchev–Trinajstić information content (AvgIpc) is 3.25. The summed E-state index contributed by atoms with van der Waals surface area (Å²) in [5.74, 6) is 1.92. The Morgan fingerprint density at radius 3 is 2.56 bits per heavy atom. The van der Waals surface area contributed by atoms with Gasteiger partial charge in [0.25, 0.3) is 0 Å². The van der Waals surface area contributed by atoms with Gasteiger partial charge < -0.3 is 10.1 Å². The number of hydrogen-bond acceptors (Lipinski definition) is 4. The lowest BCUT2D eigenvalue weighted by Crippen LogP contribution is -2.37. The Morgan fingerprint density at radius 2 is 1.89 bits per heavy atom. The molecule has 1 aromatic rings. The van der Waals surface area contributed by atoms with Crippen LogP contribution in [0.4, 0.5) is 5.00 Å². The first-order chi connectivity index (χ1) is 12.8. The Kier molecular flexibility index (Phi) is 3.82. The Hall–Kier alpha value is -1.36. The normalized spacial score (nSPS) is 34.7. The minimum Gasteiger partial charge on any atom is -0.462 e. The number of carbonyl (C=O) groups is 2. The Bertz CT molecular complexity index is 810. The molecule has 0 saturated heterocycles. The maximum absolute atomic E-state index is 13.4. The molecule has 27 heavy (non-hydrogen) atoms. The van der Waals surface area contributed by atoms with Crippen LogP contribution in [-0.4, -0.2) is 18.5 Å². The van der Waals surface area contributed by atoms with Gasteiger partial charge in [0.1, 0.15) is 5.00 Å². The topological polar surface area (TPSA) is 55.4 Å². The summed E-state index contributed by atoms with van der Waals surface area (Å²) in [7, 11) is 0. The number of amides is 1. The van der Waals surface area contributed by atoms with E-state index in [1.165, 1.54) is 24.1 Å². The van der Waals surface area contributed by atoms with Gasteiger partial charge in [-0.1, -0.05) is 13.8 Å². The van der Waals surface area contributed by atoms with E-state index in [0.29, 0.717) is 18.1 Å². The predicted molar refractivity (Wildman–Crippen MR) is 106 cm³/mol. The van der Waals surface area contributed by atoms with E-state index < -0.39 is 0 Å². The van der Waals surface area contributed by atoms with Gasteiger partial charge in [-0.25, -0.2) is 4.79 Å². The molecule has 4 nitrogen and oxygen atoms in total. The van der Waals surface area contributed by atoms with Crippen LogP contribution in [0.25, 0.3) is 0 Å². The minimum atomic E-state index is -0.282. The van der Waals surface area contributed by atoms with Crippen molar-refractivity contribution in [3.05, 3.63) is 16.0 Å². The summed E-state index contributed by atoms with van der Waals surface area (Å²) in [6.45, 7) is 6.57. The number of hydrogen-bond donors (Lipinski definition) is 1. The molecule has 0 radical (unpaired) electrons. The van der Waals surface area contributed by atoms with E-state index in [-0.39, 0.29) is 22.7 Å². The van der Waals surface area contributed by atoms with Crippen LogP contribution in [0, 0.1) is 23.2 Å². The lowest BCUT2D eigenvalue weighted by atomic mass is 9.75. The number of nitrogens with one attached hydrogen (secondary N) is 1.